The molecule has 1 fully saturated rings. The molecule has 0 bridgehead atoms. The van der Waals surface area contributed by atoms with Gasteiger partial charge in [-0.15, -0.1) is 0 Å². The van der Waals surface area contributed by atoms with Crippen molar-refractivity contribution >= 4 is 22.8 Å². The first-order chi connectivity index (χ1) is 16.4. The third kappa shape index (κ3) is 4.62. The molecule has 3 N–H and O–H groups in total. The molecule has 1 aliphatic rings. The van der Waals surface area contributed by atoms with E-state index in [1.54, 1.807) is 6.20 Å². The van der Waals surface area contributed by atoms with E-state index in [0.717, 1.165) is 36.2 Å². The first-order valence-electron chi connectivity index (χ1n) is 10.7. The number of nitrogens with two attached hydrogens (primary N) is 1. The number of ether oxygens (including phenoxy) is 1. The maximum atomic E-state index is 12.9. The van der Waals surface area contributed by atoms with Crippen LogP contribution in [0.4, 0.5) is 25.1 Å². The van der Waals surface area contributed by atoms with Crippen LogP contribution in [0, 0.1) is 0 Å². The van der Waals surface area contributed by atoms with Crippen molar-refractivity contribution in [3.05, 3.63) is 54.0 Å². The van der Waals surface area contributed by atoms with Crippen LogP contribution >= 0.6 is 0 Å². The van der Waals surface area contributed by atoms with Gasteiger partial charge < -0.3 is 15.8 Å². The zero-order valence-electron chi connectivity index (χ0n) is 18.0. The van der Waals surface area contributed by atoms with E-state index in [-0.39, 0.29) is 30.4 Å². The average Bonchev–Trinajstić information content (AvgIpc) is 3.26. The normalized spacial score (nSPS) is 16.6. The summed E-state index contributed by atoms with van der Waals surface area (Å²) in [7, 11) is 0. The number of benzene rings is 1. The second-order valence-corrected chi connectivity index (χ2v) is 7.89. The van der Waals surface area contributed by atoms with Crippen molar-refractivity contribution in [2.75, 3.05) is 17.7 Å². The molecule has 1 aromatic carbocycles. The molecule has 12 heteroatoms. The monoisotopic (exact) mass is 470 g/mol. The summed E-state index contributed by atoms with van der Waals surface area (Å²) < 4.78 is 46.5. The van der Waals surface area contributed by atoms with E-state index in [0.29, 0.717) is 18.0 Å². The number of anilines is 2. The van der Waals surface area contributed by atoms with E-state index >= 15 is 0 Å². The Labute approximate surface area is 192 Å². The van der Waals surface area contributed by atoms with Gasteiger partial charge >= 0.3 is 6.18 Å². The predicted octanol–water partition coefficient (Wildman–Crippen LogP) is 4.20. The third-order valence-electron chi connectivity index (χ3n) is 5.46. The molecular weight excluding hydrogens is 449 g/mol. The topological polar surface area (TPSA) is 117 Å². The Morgan fingerprint density at radius 1 is 1.09 bits per heavy atom. The Hall–Kier alpha value is -3.80. The fourth-order valence-electron chi connectivity index (χ4n) is 3.83. The Kier molecular flexibility index (Phi) is 5.74. The lowest BCUT2D eigenvalue weighted by Crippen LogP contribution is -2.18. The Morgan fingerprint density at radius 2 is 1.97 bits per heavy atom. The molecule has 1 aliphatic heterocycles. The van der Waals surface area contributed by atoms with Gasteiger partial charge in [-0.3, -0.25) is 0 Å². The molecule has 4 aromatic rings. The summed E-state index contributed by atoms with van der Waals surface area (Å²) in [6, 6.07) is 9.37. The number of fused-ring (bicyclic) bond motifs is 1. The van der Waals surface area contributed by atoms with Gasteiger partial charge in [0.15, 0.2) is 12.1 Å². The third-order valence-corrected chi connectivity index (χ3v) is 5.46. The summed E-state index contributed by atoms with van der Waals surface area (Å²) in [5.74, 6) is 0.436. The van der Waals surface area contributed by atoms with Gasteiger partial charge in [0.2, 0.25) is 11.9 Å². The highest BCUT2D eigenvalue weighted by atomic mass is 19.4. The number of halogens is 3. The Balaban J connectivity index is 1.40. The second kappa shape index (κ2) is 8.86. The van der Waals surface area contributed by atoms with Crippen LogP contribution in [0.5, 0.6) is 0 Å². The number of aromatic nitrogens is 6. The Morgan fingerprint density at radius 3 is 2.76 bits per heavy atom. The van der Waals surface area contributed by atoms with Crippen molar-refractivity contribution in [1.29, 1.82) is 0 Å². The number of rotatable bonds is 5. The largest absolute Gasteiger partial charge is 0.433 e. The van der Waals surface area contributed by atoms with Crippen LogP contribution in [0.3, 0.4) is 0 Å². The van der Waals surface area contributed by atoms with Crippen molar-refractivity contribution < 1.29 is 17.9 Å². The molecule has 1 atom stereocenters. The molecule has 1 unspecified atom stereocenters. The summed E-state index contributed by atoms with van der Waals surface area (Å²) in [4.78, 5) is 16.3. The van der Waals surface area contributed by atoms with Gasteiger partial charge in [-0.05, 0) is 37.5 Å². The highest BCUT2D eigenvalue weighted by Gasteiger charge is 2.32. The average molecular weight is 470 g/mol. The molecule has 5 rings (SSSR count). The number of pyridine rings is 1. The number of nitrogens with zero attached hydrogens (tertiary/aromatic N) is 6. The SMILES string of the molecule is Nc1nc(NCc2cccc(C(F)(F)F)n2)nc(-c2ccc3cnn(C4CCCCO4)c3c2)n1. The highest BCUT2D eigenvalue weighted by molar-refractivity contribution is 5.83. The van der Waals surface area contributed by atoms with E-state index in [9.17, 15) is 13.2 Å². The van der Waals surface area contributed by atoms with Crippen LogP contribution < -0.4 is 11.1 Å². The van der Waals surface area contributed by atoms with Crippen LogP contribution in [0.1, 0.15) is 36.9 Å². The van der Waals surface area contributed by atoms with Crippen molar-refractivity contribution in [2.45, 2.75) is 38.2 Å². The van der Waals surface area contributed by atoms with Crippen LogP contribution in [0.25, 0.3) is 22.3 Å². The van der Waals surface area contributed by atoms with Gasteiger partial charge in [-0.2, -0.15) is 33.2 Å². The number of hydrogen-bond donors (Lipinski definition) is 2. The maximum absolute atomic E-state index is 12.9. The summed E-state index contributed by atoms with van der Waals surface area (Å²) in [5.41, 5.74) is 6.68. The van der Waals surface area contributed by atoms with Gasteiger partial charge in [0.25, 0.3) is 0 Å². The molecule has 0 aliphatic carbocycles. The predicted molar refractivity (Wildman–Crippen MR) is 118 cm³/mol. The van der Waals surface area contributed by atoms with E-state index in [1.807, 2.05) is 22.9 Å². The van der Waals surface area contributed by atoms with E-state index in [1.165, 1.54) is 12.1 Å². The van der Waals surface area contributed by atoms with Crippen LogP contribution in [0.15, 0.2) is 42.6 Å². The van der Waals surface area contributed by atoms with Crippen molar-refractivity contribution in [3.8, 4) is 11.4 Å². The van der Waals surface area contributed by atoms with E-state index in [4.69, 9.17) is 10.5 Å². The fraction of sp³-hybridized carbons (Fsp3) is 0.318. The minimum Gasteiger partial charge on any atom is -0.368 e. The van der Waals surface area contributed by atoms with E-state index in [2.05, 4.69) is 30.4 Å². The molecule has 1 saturated heterocycles. The highest BCUT2D eigenvalue weighted by Crippen LogP contribution is 2.29. The standard InChI is InChI=1S/C22H21F3N8O/c23-22(24,25)17-5-3-4-15(29-17)12-27-21-31-19(30-20(26)32-21)13-7-8-14-11-28-33(16(14)10-13)18-6-1-2-9-34-18/h3-5,7-8,10-11,18H,1-2,6,9,12H2,(H3,26,27,30,31,32). The summed E-state index contributed by atoms with van der Waals surface area (Å²) in [5, 5.41) is 8.32. The van der Waals surface area contributed by atoms with Crippen LogP contribution in [-0.4, -0.2) is 36.3 Å². The van der Waals surface area contributed by atoms with Gasteiger partial charge in [-0.25, -0.2) is 9.67 Å². The van der Waals surface area contributed by atoms with Gasteiger partial charge in [0.05, 0.1) is 24.0 Å². The van der Waals surface area contributed by atoms with Gasteiger partial charge in [0.1, 0.15) is 5.69 Å². The van der Waals surface area contributed by atoms with Gasteiger partial charge in [-0.1, -0.05) is 18.2 Å². The summed E-state index contributed by atoms with van der Waals surface area (Å²) >= 11 is 0. The van der Waals surface area contributed by atoms with Gasteiger partial charge in [0, 0.05) is 17.6 Å². The molecule has 0 spiro atoms. The fourth-order valence-corrected chi connectivity index (χ4v) is 3.83. The first-order valence-corrected chi connectivity index (χ1v) is 10.7. The maximum Gasteiger partial charge on any atom is 0.433 e. The minimum absolute atomic E-state index is 0.0162. The number of alkyl halides is 3. The molecular formula is C22H21F3N8O. The number of nitrogen functional groups attached to an aromatic ring is 1. The van der Waals surface area contributed by atoms with E-state index < -0.39 is 11.9 Å². The summed E-state index contributed by atoms with van der Waals surface area (Å²) in [6.45, 7) is 0.684. The zero-order valence-corrected chi connectivity index (χ0v) is 18.0. The molecule has 34 heavy (non-hydrogen) atoms. The lowest BCUT2D eigenvalue weighted by Gasteiger charge is -2.23. The molecule has 3 aromatic heterocycles. The first kappa shape index (κ1) is 22.0. The smallest absolute Gasteiger partial charge is 0.368 e. The lowest BCUT2D eigenvalue weighted by molar-refractivity contribution is -0.141. The zero-order chi connectivity index (χ0) is 23.7. The Bertz CT molecular complexity index is 1320. The van der Waals surface area contributed by atoms with Crippen molar-refractivity contribution in [2.24, 2.45) is 0 Å². The van der Waals surface area contributed by atoms with Crippen LogP contribution in [0.2, 0.25) is 0 Å². The molecule has 9 nitrogen and oxygen atoms in total. The quantitative estimate of drug-likeness (QED) is 0.446. The summed E-state index contributed by atoms with van der Waals surface area (Å²) in [6.07, 6.45) is 0.143. The molecule has 4 heterocycles. The van der Waals surface area contributed by atoms with Crippen molar-refractivity contribution in [1.82, 2.24) is 29.7 Å². The number of nitrogens with one attached hydrogen (secondary N) is 1. The second-order valence-electron chi connectivity index (χ2n) is 7.89. The lowest BCUT2D eigenvalue weighted by atomic mass is 10.1. The van der Waals surface area contributed by atoms with Crippen LogP contribution in [-0.2, 0) is 17.5 Å². The molecule has 0 radical (unpaired) electrons. The number of hydrogen-bond acceptors (Lipinski definition) is 8. The molecule has 0 amide bonds. The van der Waals surface area contributed by atoms with Crippen molar-refractivity contribution in [3.63, 3.8) is 0 Å². The molecule has 0 saturated carbocycles. The minimum atomic E-state index is -4.52. The molecule has 176 valence electrons.